The Morgan fingerprint density at radius 3 is 2.14 bits per heavy atom. The highest BCUT2D eigenvalue weighted by molar-refractivity contribution is 7.80. The third-order valence-electron chi connectivity index (χ3n) is 2.88. The van der Waals surface area contributed by atoms with Gasteiger partial charge in [-0.2, -0.15) is 0 Å². The summed E-state index contributed by atoms with van der Waals surface area (Å²) in [6.07, 6.45) is 0. The van der Waals surface area contributed by atoms with E-state index in [1.165, 1.54) is 12.1 Å². The molecule has 7 heteroatoms. The van der Waals surface area contributed by atoms with Gasteiger partial charge in [0, 0.05) is 11.3 Å². The third kappa shape index (κ3) is 4.37. The maximum atomic E-state index is 12.0. The zero-order valence-corrected chi connectivity index (χ0v) is 13.4. The van der Waals surface area contributed by atoms with Gasteiger partial charge in [0.1, 0.15) is 0 Å². The Kier molecular flexibility index (Phi) is 5.24. The van der Waals surface area contributed by atoms with Gasteiger partial charge in [-0.15, -0.1) is 0 Å². The molecule has 5 nitrogen and oxygen atoms in total. The molecule has 0 fully saturated rings. The molecule has 0 saturated heterocycles. The lowest BCUT2D eigenvalue weighted by Gasteiger charge is -2.09. The van der Waals surface area contributed by atoms with Crippen molar-refractivity contribution >= 4 is 39.6 Å². The number of carbonyl (C=O) groups excluding carboxylic acids is 1. The van der Waals surface area contributed by atoms with Gasteiger partial charge < -0.3 is 5.32 Å². The normalized spacial score (nSPS) is 10.3. The van der Waals surface area contributed by atoms with Gasteiger partial charge in [-0.1, -0.05) is 17.7 Å². The molecule has 0 aliphatic carbocycles. The summed E-state index contributed by atoms with van der Waals surface area (Å²) in [5.74, 6) is -0.309. The van der Waals surface area contributed by atoms with Crippen LogP contribution in [0, 0.1) is 6.92 Å². The van der Waals surface area contributed by atoms with E-state index in [0.29, 0.717) is 11.3 Å². The molecule has 0 saturated carbocycles. The fourth-order valence-electron chi connectivity index (χ4n) is 1.71. The average Bonchev–Trinajstić information content (AvgIpc) is 2.48. The molecule has 0 radical (unpaired) electrons. The van der Waals surface area contributed by atoms with E-state index >= 15 is 0 Å². The van der Waals surface area contributed by atoms with Crippen molar-refractivity contribution in [3.63, 3.8) is 0 Å². The van der Waals surface area contributed by atoms with E-state index in [4.69, 9.17) is 12.2 Å². The molecule has 2 aromatic carbocycles. The minimum Gasteiger partial charge on any atom is -0.332 e. The molecule has 0 aliphatic rings. The molecule has 2 N–H and O–H groups in total. The largest absolute Gasteiger partial charge is 0.332 e. The summed E-state index contributed by atoms with van der Waals surface area (Å²) in [6, 6.07) is 13.2. The van der Waals surface area contributed by atoms with E-state index in [2.05, 4.69) is 10.6 Å². The first-order valence-electron chi connectivity index (χ1n) is 6.39. The Balaban J connectivity index is 1.97. The fourth-order valence-corrected chi connectivity index (χ4v) is 2.31. The molecular formula is C15H14N2O3S2. The molecule has 0 aliphatic heterocycles. The molecule has 0 heterocycles. The van der Waals surface area contributed by atoms with Crippen LogP contribution in [0.5, 0.6) is 0 Å². The van der Waals surface area contributed by atoms with Gasteiger partial charge >= 0.3 is 0 Å². The van der Waals surface area contributed by atoms with Crippen LogP contribution in [0.15, 0.2) is 53.4 Å². The Bertz CT molecular complexity index is 758. The molecular weight excluding hydrogens is 320 g/mol. The van der Waals surface area contributed by atoms with Crippen molar-refractivity contribution in [2.24, 2.45) is 0 Å². The summed E-state index contributed by atoms with van der Waals surface area (Å²) < 4.78 is 21.6. The second kappa shape index (κ2) is 7.15. The van der Waals surface area contributed by atoms with Gasteiger partial charge in [-0.05, 0) is 55.5 Å². The summed E-state index contributed by atoms with van der Waals surface area (Å²) in [4.78, 5) is 12.2. The van der Waals surface area contributed by atoms with Crippen LogP contribution < -0.4 is 10.6 Å². The summed E-state index contributed by atoms with van der Waals surface area (Å²) in [6.45, 7) is 1.94. The number of rotatable bonds is 3. The van der Waals surface area contributed by atoms with Crippen molar-refractivity contribution in [1.82, 2.24) is 5.32 Å². The Morgan fingerprint density at radius 2 is 1.59 bits per heavy atom. The van der Waals surface area contributed by atoms with Crippen molar-refractivity contribution < 1.29 is 13.2 Å². The highest BCUT2D eigenvalue weighted by Gasteiger charge is 2.07. The van der Waals surface area contributed by atoms with Crippen molar-refractivity contribution in [3.05, 3.63) is 59.7 Å². The molecule has 114 valence electrons. The predicted octanol–water partition coefficient (Wildman–Crippen LogP) is 2.09. The minimum absolute atomic E-state index is 0.143. The molecule has 0 aromatic heterocycles. The zero-order valence-electron chi connectivity index (χ0n) is 11.7. The maximum absolute atomic E-state index is 12.0. The number of hydrogen-bond donors (Lipinski definition) is 3. The van der Waals surface area contributed by atoms with Crippen LogP contribution in [0.2, 0.25) is 0 Å². The predicted molar refractivity (Wildman–Crippen MR) is 89.9 cm³/mol. The third-order valence-corrected chi connectivity index (χ3v) is 3.80. The summed E-state index contributed by atoms with van der Waals surface area (Å²) in [7, 11) is -2.61. The molecule has 22 heavy (non-hydrogen) atoms. The van der Waals surface area contributed by atoms with Crippen molar-refractivity contribution in [2.45, 2.75) is 11.8 Å². The molecule has 0 atom stereocenters. The Hall–Kier alpha value is -2.25. The number of thiocarbonyl (C=S) groups is 1. The molecule has 0 bridgehead atoms. The molecule has 2 rings (SSSR count). The maximum Gasteiger partial charge on any atom is 0.257 e. The lowest BCUT2D eigenvalue weighted by molar-refractivity contribution is 0.0977. The number of amides is 1. The van der Waals surface area contributed by atoms with Crippen LogP contribution in [0.3, 0.4) is 0 Å². The number of benzene rings is 2. The van der Waals surface area contributed by atoms with E-state index < -0.39 is 10.7 Å². The van der Waals surface area contributed by atoms with Crippen molar-refractivity contribution in [2.75, 3.05) is 5.32 Å². The second-order valence-electron chi connectivity index (χ2n) is 4.58. The van der Waals surface area contributed by atoms with E-state index in [9.17, 15) is 13.2 Å². The fraction of sp³-hybridized carbons (Fsp3) is 0.0667. The monoisotopic (exact) mass is 334 g/mol. The lowest BCUT2D eigenvalue weighted by Crippen LogP contribution is -2.34. The second-order valence-corrected chi connectivity index (χ2v) is 6.02. The Labute approximate surface area is 135 Å². The standard InChI is InChI=1S/C15H14N2O3S2/c1-10-2-4-11(5-3-10)14(18)17-15(21)16-12-6-8-13(9-7-12)22(19)20/h2-9,22H,1H3,(H2,16,17,18,21). The molecule has 0 spiro atoms. The highest BCUT2D eigenvalue weighted by Crippen LogP contribution is 2.10. The first kappa shape index (κ1) is 16.1. The number of carbonyl (C=O) groups is 1. The molecule has 2 aromatic rings. The minimum atomic E-state index is -2.61. The summed E-state index contributed by atoms with van der Waals surface area (Å²) in [5.41, 5.74) is 2.16. The summed E-state index contributed by atoms with van der Waals surface area (Å²) in [5, 5.41) is 5.53. The van der Waals surface area contributed by atoms with Gasteiger partial charge in [-0.25, -0.2) is 8.42 Å². The Morgan fingerprint density at radius 1 is 1.00 bits per heavy atom. The first-order chi connectivity index (χ1) is 10.5. The van der Waals surface area contributed by atoms with Gasteiger partial charge in [0.2, 0.25) is 0 Å². The van der Waals surface area contributed by atoms with Crippen LogP contribution >= 0.6 is 12.2 Å². The van der Waals surface area contributed by atoms with Gasteiger partial charge in [-0.3, -0.25) is 10.1 Å². The zero-order chi connectivity index (χ0) is 16.1. The lowest BCUT2D eigenvalue weighted by atomic mass is 10.1. The smallest absolute Gasteiger partial charge is 0.257 e. The number of thiol groups is 1. The number of nitrogens with one attached hydrogen (secondary N) is 2. The van der Waals surface area contributed by atoms with Crippen molar-refractivity contribution in [1.29, 1.82) is 0 Å². The van der Waals surface area contributed by atoms with Gasteiger partial charge in [0.05, 0.1) is 4.90 Å². The SMILES string of the molecule is Cc1ccc(C(=O)NC(=S)Nc2ccc([SH](=O)=O)cc2)cc1. The number of hydrogen-bond acceptors (Lipinski definition) is 4. The highest BCUT2D eigenvalue weighted by atomic mass is 32.2. The number of anilines is 1. The number of aryl methyl sites for hydroxylation is 1. The van der Waals surface area contributed by atoms with Crippen LogP contribution in [0.25, 0.3) is 0 Å². The van der Waals surface area contributed by atoms with E-state index in [1.54, 1.807) is 24.3 Å². The molecule has 0 unspecified atom stereocenters. The van der Waals surface area contributed by atoms with Crippen molar-refractivity contribution in [3.8, 4) is 0 Å². The average molecular weight is 334 g/mol. The van der Waals surface area contributed by atoms with E-state index in [1.807, 2.05) is 19.1 Å². The van der Waals surface area contributed by atoms with Crippen LogP contribution in [0.1, 0.15) is 15.9 Å². The van der Waals surface area contributed by atoms with Crippen LogP contribution in [-0.2, 0) is 10.7 Å². The van der Waals surface area contributed by atoms with E-state index in [-0.39, 0.29) is 15.9 Å². The van der Waals surface area contributed by atoms with E-state index in [0.717, 1.165) is 5.56 Å². The topological polar surface area (TPSA) is 75.3 Å². The van der Waals surface area contributed by atoms with Crippen LogP contribution in [0.4, 0.5) is 5.69 Å². The first-order valence-corrected chi connectivity index (χ1v) is 7.98. The quantitative estimate of drug-likeness (QED) is 0.592. The molecule has 1 amide bonds. The van der Waals surface area contributed by atoms with Crippen LogP contribution in [-0.4, -0.2) is 19.4 Å². The summed E-state index contributed by atoms with van der Waals surface area (Å²) >= 11 is 5.06. The van der Waals surface area contributed by atoms with Gasteiger partial charge in [0.15, 0.2) is 15.8 Å². The van der Waals surface area contributed by atoms with Gasteiger partial charge in [0.25, 0.3) is 5.91 Å².